The van der Waals surface area contributed by atoms with Crippen molar-refractivity contribution in [3.63, 3.8) is 0 Å². The maximum Gasteiger partial charge on any atom is 0.416 e. The molecule has 0 saturated carbocycles. The minimum Gasteiger partial charge on any atom is -0.493 e. The lowest BCUT2D eigenvalue weighted by Crippen LogP contribution is -2.33. The van der Waals surface area contributed by atoms with Crippen LogP contribution in [0.5, 0.6) is 17.2 Å². The molecule has 2 aromatic heterocycles. The quantitative estimate of drug-likeness (QED) is 0.330. The number of aliphatic hydroxyl groups is 1. The number of rotatable bonds is 8. The highest BCUT2D eigenvalue weighted by Gasteiger charge is 2.32. The van der Waals surface area contributed by atoms with Gasteiger partial charge in [-0.15, -0.1) is 0 Å². The number of ether oxygens (including phenoxy) is 3. The molecule has 0 bridgehead atoms. The average molecular weight is 545 g/mol. The second kappa shape index (κ2) is 10.5. The van der Waals surface area contributed by atoms with Crippen molar-refractivity contribution in [2.45, 2.75) is 25.1 Å². The molecule has 1 aliphatic heterocycles. The second-order valence-electron chi connectivity index (χ2n) is 8.95. The predicted octanol–water partition coefficient (Wildman–Crippen LogP) is 4.56. The van der Waals surface area contributed by atoms with Gasteiger partial charge >= 0.3 is 6.18 Å². The highest BCUT2D eigenvalue weighted by atomic mass is 19.4. The SMILES string of the molecule is COc1cc(-n2cnc(Nc3nc(N4CCC[C@@H]4CO)nc4cc(C(F)(F)F)ccc34)c2)cc(OC)c1OC. The lowest BCUT2D eigenvalue weighted by atomic mass is 10.1. The third kappa shape index (κ3) is 5.09. The molecule has 2 aromatic carbocycles. The van der Waals surface area contributed by atoms with Gasteiger partial charge in [0, 0.05) is 24.1 Å². The Morgan fingerprint density at radius 2 is 1.79 bits per heavy atom. The number of imidazole rings is 1. The summed E-state index contributed by atoms with van der Waals surface area (Å²) in [5.74, 6) is 2.31. The third-order valence-corrected chi connectivity index (χ3v) is 6.63. The summed E-state index contributed by atoms with van der Waals surface area (Å²) >= 11 is 0. The molecule has 0 spiro atoms. The van der Waals surface area contributed by atoms with Crippen molar-refractivity contribution in [3.8, 4) is 22.9 Å². The summed E-state index contributed by atoms with van der Waals surface area (Å²) in [7, 11) is 4.56. The molecular formula is C26H27F3N6O4. The van der Waals surface area contributed by atoms with Crippen molar-refractivity contribution in [1.29, 1.82) is 0 Å². The number of anilines is 3. The first-order chi connectivity index (χ1) is 18.7. The van der Waals surface area contributed by atoms with E-state index in [0.717, 1.165) is 25.0 Å². The van der Waals surface area contributed by atoms with Crippen molar-refractivity contribution >= 4 is 28.5 Å². The summed E-state index contributed by atoms with van der Waals surface area (Å²) in [6.45, 7) is 0.483. The van der Waals surface area contributed by atoms with E-state index in [9.17, 15) is 18.3 Å². The fourth-order valence-electron chi connectivity index (χ4n) is 4.67. The van der Waals surface area contributed by atoms with Crippen LogP contribution in [0.2, 0.25) is 0 Å². The number of aliphatic hydroxyl groups excluding tert-OH is 1. The Morgan fingerprint density at radius 3 is 2.44 bits per heavy atom. The minimum atomic E-state index is -4.52. The Bertz CT molecular complexity index is 1470. The maximum absolute atomic E-state index is 13.5. The van der Waals surface area contributed by atoms with Crippen LogP contribution >= 0.6 is 0 Å². The standard InChI is InChI=1S/C26H27F3N6O4/c1-37-20-10-17(11-21(38-2)23(20)39-3)34-12-22(30-14-34)32-24-18-7-6-15(26(27,28)29)9-19(18)31-25(33-24)35-8-4-5-16(35)13-36/h6-7,9-12,14,16,36H,4-5,8,13H2,1-3H3,(H,31,32,33)/t16-/m1/s1. The van der Waals surface area contributed by atoms with Crippen LogP contribution in [0.25, 0.3) is 16.6 Å². The monoisotopic (exact) mass is 544 g/mol. The van der Waals surface area contributed by atoms with Crippen LogP contribution in [0.3, 0.4) is 0 Å². The molecule has 13 heteroatoms. The molecule has 10 nitrogen and oxygen atoms in total. The van der Waals surface area contributed by atoms with E-state index < -0.39 is 11.7 Å². The van der Waals surface area contributed by atoms with Gasteiger partial charge in [-0.25, -0.2) is 9.97 Å². The Morgan fingerprint density at radius 1 is 1.05 bits per heavy atom. The van der Waals surface area contributed by atoms with Crippen molar-refractivity contribution < 1.29 is 32.5 Å². The first-order valence-electron chi connectivity index (χ1n) is 12.1. The number of methoxy groups -OCH3 is 3. The van der Waals surface area contributed by atoms with Crippen LogP contribution in [0.4, 0.5) is 30.8 Å². The number of halogens is 3. The number of nitrogens with one attached hydrogen (secondary N) is 1. The molecule has 0 amide bonds. The van der Waals surface area contributed by atoms with Gasteiger partial charge in [0.2, 0.25) is 11.7 Å². The molecule has 4 aromatic rings. The highest BCUT2D eigenvalue weighted by molar-refractivity contribution is 5.92. The molecule has 0 radical (unpaired) electrons. The smallest absolute Gasteiger partial charge is 0.416 e. The zero-order valence-corrected chi connectivity index (χ0v) is 21.5. The number of benzene rings is 2. The predicted molar refractivity (Wildman–Crippen MR) is 138 cm³/mol. The van der Waals surface area contributed by atoms with Gasteiger partial charge in [-0.3, -0.25) is 0 Å². The van der Waals surface area contributed by atoms with Crippen LogP contribution in [-0.2, 0) is 6.18 Å². The van der Waals surface area contributed by atoms with Gasteiger partial charge in [0.1, 0.15) is 18.0 Å². The molecule has 0 aliphatic carbocycles. The van der Waals surface area contributed by atoms with Crippen LogP contribution in [0, 0.1) is 0 Å². The first kappa shape index (κ1) is 26.4. The molecule has 5 rings (SSSR count). The average Bonchev–Trinajstić information content (AvgIpc) is 3.61. The Balaban J connectivity index is 1.55. The molecule has 0 unspecified atom stereocenters. The first-order valence-corrected chi connectivity index (χ1v) is 12.1. The molecule has 1 fully saturated rings. The number of aromatic nitrogens is 4. The lowest BCUT2D eigenvalue weighted by molar-refractivity contribution is -0.137. The fraction of sp³-hybridized carbons (Fsp3) is 0.346. The van der Waals surface area contributed by atoms with Gasteiger partial charge in [-0.2, -0.15) is 18.2 Å². The Hall–Kier alpha value is -4.26. The molecule has 39 heavy (non-hydrogen) atoms. The van der Waals surface area contributed by atoms with E-state index in [1.165, 1.54) is 27.4 Å². The van der Waals surface area contributed by atoms with Crippen LogP contribution < -0.4 is 24.4 Å². The van der Waals surface area contributed by atoms with E-state index in [-0.39, 0.29) is 24.1 Å². The summed E-state index contributed by atoms with van der Waals surface area (Å²) in [5, 5.41) is 13.3. The van der Waals surface area contributed by atoms with Gasteiger partial charge in [0.25, 0.3) is 0 Å². The summed E-state index contributed by atoms with van der Waals surface area (Å²) in [5.41, 5.74) is -0.00154. The van der Waals surface area contributed by atoms with Crippen molar-refractivity contribution in [3.05, 3.63) is 48.4 Å². The fourth-order valence-corrected chi connectivity index (χ4v) is 4.67. The van der Waals surface area contributed by atoms with Crippen LogP contribution in [0.15, 0.2) is 42.9 Å². The summed E-state index contributed by atoms with van der Waals surface area (Å²) in [6, 6.07) is 6.65. The van der Waals surface area contributed by atoms with Crippen molar-refractivity contribution in [2.24, 2.45) is 0 Å². The van der Waals surface area contributed by atoms with Crippen LogP contribution in [-0.4, -0.2) is 65.1 Å². The van der Waals surface area contributed by atoms with E-state index in [0.29, 0.717) is 46.5 Å². The second-order valence-corrected chi connectivity index (χ2v) is 8.95. The van der Waals surface area contributed by atoms with E-state index in [2.05, 4.69) is 20.3 Å². The molecule has 1 aliphatic rings. The van der Waals surface area contributed by atoms with E-state index in [1.807, 2.05) is 4.90 Å². The van der Waals surface area contributed by atoms with Gasteiger partial charge in [-0.05, 0) is 31.0 Å². The van der Waals surface area contributed by atoms with Gasteiger partial charge in [0.15, 0.2) is 11.5 Å². The van der Waals surface area contributed by atoms with Crippen molar-refractivity contribution in [2.75, 3.05) is 44.7 Å². The van der Waals surface area contributed by atoms with Gasteiger partial charge < -0.3 is 34.1 Å². The summed E-state index contributed by atoms with van der Waals surface area (Å²) < 4.78 is 58.3. The lowest BCUT2D eigenvalue weighted by Gasteiger charge is -2.24. The zero-order chi connectivity index (χ0) is 27.7. The normalized spacial score (nSPS) is 15.6. The number of hydrogen-bond acceptors (Lipinski definition) is 9. The van der Waals surface area contributed by atoms with Gasteiger partial charge in [-0.1, -0.05) is 0 Å². The summed E-state index contributed by atoms with van der Waals surface area (Å²) in [6.07, 6.45) is 0.301. The van der Waals surface area contributed by atoms with E-state index in [1.54, 1.807) is 29.2 Å². The number of alkyl halides is 3. The molecule has 206 valence electrons. The molecule has 1 atom stereocenters. The van der Waals surface area contributed by atoms with Crippen molar-refractivity contribution in [1.82, 2.24) is 19.5 Å². The zero-order valence-electron chi connectivity index (χ0n) is 21.5. The molecule has 1 saturated heterocycles. The number of fused-ring (bicyclic) bond motifs is 1. The van der Waals surface area contributed by atoms with Gasteiger partial charge in [0.05, 0.1) is 56.9 Å². The number of hydrogen-bond donors (Lipinski definition) is 2. The highest BCUT2D eigenvalue weighted by Crippen LogP contribution is 2.40. The molecule has 3 heterocycles. The van der Waals surface area contributed by atoms with E-state index >= 15 is 0 Å². The Kier molecular flexibility index (Phi) is 7.08. The summed E-state index contributed by atoms with van der Waals surface area (Å²) in [4.78, 5) is 15.3. The topological polar surface area (TPSA) is 107 Å². The molecular weight excluding hydrogens is 517 g/mol. The molecule has 2 N–H and O–H groups in total. The maximum atomic E-state index is 13.5. The van der Waals surface area contributed by atoms with Crippen LogP contribution in [0.1, 0.15) is 18.4 Å². The minimum absolute atomic E-state index is 0.105. The number of nitrogens with zero attached hydrogens (tertiary/aromatic N) is 5. The van der Waals surface area contributed by atoms with E-state index in [4.69, 9.17) is 14.2 Å². The third-order valence-electron chi connectivity index (χ3n) is 6.63. The largest absolute Gasteiger partial charge is 0.493 e. The Labute approximate surface area is 222 Å².